The number of aryl methyl sites for hydroxylation is 2. The minimum absolute atomic E-state index is 1.04. The SMILES string of the molecule is CCNCCN(C)c1ccc(C)cc1C. The molecule has 0 radical (unpaired) electrons. The second-order valence-electron chi connectivity index (χ2n) is 4.07. The maximum Gasteiger partial charge on any atom is 0.0393 e. The predicted molar refractivity (Wildman–Crippen MR) is 67.7 cm³/mol. The molecule has 1 rings (SSSR count). The van der Waals surface area contributed by atoms with E-state index in [1.807, 2.05) is 0 Å². The number of hydrogen-bond donors (Lipinski definition) is 1. The Morgan fingerprint density at radius 1 is 1.27 bits per heavy atom. The standard InChI is InChI=1S/C13H22N2/c1-5-14-8-9-15(4)13-7-6-11(2)10-12(13)3/h6-7,10,14H,5,8-9H2,1-4H3. The monoisotopic (exact) mass is 206 g/mol. The van der Waals surface area contributed by atoms with E-state index in [1.54, 1.807) is 0 Å². The third-order valence-corrected chi connectivity index (χ3v) is 2.64. The van der Waals surface area contributed by atoms with Crippen LogP contribution in [-0.4, -0.2) is 26.7 Å². The molecule has 0 fully saturated rings. The first-order valence-corrected chi connectivity index (χ1v) is 5.64. The minimum Gasteiger partial charge on any atom is -0.373 e. The van der Waals surface area contributed by atoms with Crippen LogP contribution >= 0.6 is 0 Å². The summed E-state index contributed by atoms with van der Waals surface area (Å²) in [6.07, 6.45) is 0. The molecule has 0 atom stereocenters. The van der Waals surface area contributed by atoms with Gasteiger partial charge >= 0.3 is 0 Å². The lowest BCUT2D eigenvalue weighted by Gasteiger charge is -2.21. The highest BCUT2D eigenvalue weighted by Gasteiger charge is 2.03. The van der Waals surface area contributed by atoms with Crippen LogP contribution in [0.2, 0.25) is 0 Å². The van der Waals surface area contributed by atoms with Gasteiger partial charge in [0, 0.05) is 25.8 Å². The van der Waals surface area contributed by atoms with Crippen LogP contribution < -0.4 is 10.2 Å². The normalized spacial score (nSPS) is 10.4. The smallest absolute Gasteiger partial charge is 0.0393 e. The maximum absolute atomic E-state index is 3.34. The fourth-order valence-corrected chi connectivity index (χ4v) is 1.78. The molecule has 0 aromatic heterocycles. The van der Waals surface area contributed by atoms with Crippen LogP contribution in [0, 0.1) is 13.8 Å². The summed E-state index contributed by atoms with van der Waals surface area (Å²) in [5, 5.41) is 3.34. The third-order valence-electron chi connectivity index (χ3n) is 2.64. The van der Waals surface area contributed by atoms with Gasteiger partial charge in [0.25, 0.3) is 0 Å². The Bertz CT molecular complexity index is 307. The fraction of sp³-hybridized carbons (Fsp3) is 0.538. The third kappa shape index (κ3) is 3.56. The van der Waals surface area contributed by atoms with Crippen molar-refractivity contribution in [1.82, 2.24) is 5.32 Å². The van der Waals surface area contributed by atoms with E-state index in [2.05, 4.69) is 56.2 Å². The van der Waals surface area contributed by atoms with E-state index in [4.69, 9.17) is 0 Å². The maximum atomic E-state index is 3.34. The van der Waals surface area contributed by atoms with Crippen molar-refractivity contribution in [2.75, 3.05) is 31.6 Å². The first-order valence-electron chi connectivity index (χ1n) is 5.64. The van der Waals surface area contributed by atoms with Crippen molar-refractivity contribution in [1.29, 1.82) is 0 Å². The van der Waals surface area contributed by atoms with E-state index in [1.165, 1.54) is 16.8 Å². The Hall–Kier alpha value is -1.02. The first kappa shape index (κ1) is 12.1. The molecule has 1 aromatic carbocycles. The highest BCUT2D eigenvalue weighted by molar-refractivity contribution is 5.53. The number of anilines is 1. The van der Waals surface area contributed by atoms with Crippen LogP contribution in [0.4, 0.5) is 5.69 Å². The predicted octanol–water partition coefficient (Wildman–Crippen LogP) is 2.35. The number of rotatable bonds is 5. The molecule has 0 saturated carbocycles. The zero-order chi connectivity index (χ0) is 11.3. The van der Waals surface area contributed by atoms with E-state index in [9.17, 15) is 0 Å². The molecule has 1 aromatic rings. The van der Waals surface area contributed by atoms with Gasteiger partial charge in [-0.2, -0.15) is 0 Å². The highest BCUT2D eigenvalue weighted by atomic mass is 15.1. The molecule has 0 saturated heterocycles. The van der Waals surface area contributed by atoms with Crippen LogP contribution in [0.15, 0.2) is 18.2 Å². The highest BCUT2D eigenvalue weighted by Crippen LogP contribution is 2.19. The summed E-state index contributed by atoms with van der Waals surface area (Å²) in [6, 6.07) is 6.61. The second-order valence-corrected chi connectivity index (χ2v) is 4.07. The van der Waals surface area contributed by atoms with Gasteiger partial charge < -0.3 is 10.2 Å². The van der Waals surface area contributed by atoms with E-state index in [0.29, 0.717) is 0 Å². The van der Waals surface area contributed by atoms with Gasteiger partial charge in [-0.05, 0) is 32.0 Å². The summed E-state index contributed by atoms with van der Waals surface area (Å²) in [7, 11) is 2.15. The number of likely N-dealkylation sites (N-methyl/N-ethyl adjacent to an activating group) is 2. The molecular formula is C13H22N2. The largest absolute Gasteiger partial charge is 0.373 e. The molecule has 0 unspecified atom stereocenters. The van der Waals surface area contributed by atoms with E-state index >= 15 is 0 Å². The average molecular weight is 206 g/mol. The molecule has 2 nitrogen and oxygen atoms in total. The number of nitrogens with zero attached hydrogens (tertiary/aromatic N) is 1. The lowest BCUT2D eigenvalue weighted by Crippen LogP contribution is -2.29. The molecule has 2 heteroatoms. The van der Waals surface area contributed by atoms with Gasteiger partial charge in [-0.25, -0.2) is 0 Å². The van der Waals surface area contributed by atoms with E-state index in [0.717, 1.165) is 19.6 Å². The van der Waals surface area contributed by atoms with Crippen molar-refractivity contribution in [2.24, 2.45) is 0 Å². The first-order chi connectivity index (χ1) is 7.15. The average Bonchev–Trinajstić information content (AvgIpc) is 2.17. The molecular weight excluding hydrogens is 184 g/mol. The molecule has 0 aliphatic heterocycles. The molecule has 84 valence electrons. The Kier molecular flexibility index (Phi) is 4.63. The van der Waals surface area contributed by atoms with Crippen molar-refractivity contribution in [2.45, 2.75) is 20.8 Å². The van der Waals surface area contributed by atoms with Gasteiger partial charge in [-0.1, -0.05) is 24.6 Å². The summed E-state index contributed by atoms with van der Waals surface area (Å²) in [4.78, 5) is 2.30. The van der Waals surface area contributed by atoms with Crippen molar-refractivity contribution in [3.05, 3.63) is 29.3 Å². The van der Waals surface area contributed by atoms with Crippen molar-refractivity contribution < 1.29 is 0 Å². The number of hydrogen-bond acceptors (Lipinski definition) is 2. The topological polar surface area (TPSA) is 15.3 Å². The molecule has 15 heavy (non-hydrogen) atoms. The fourth-order valence-electron chi connectivity index (χ4n) is 1.78. The molecule has 0 spiro atoms. The molecule has 0 aliphatic rings. The van der Waals surface area contributed by atoms with Gasteiger partial charge in [0.05, 0.1) is 0 Å². The number of benzene rings is 1. The van der Waals surface area contributed by atoms with E-state index < -0.39 is 0 Å². The lowest BCUT2D eigenvalue weighted by molar-refractivity contribution is 0.705. The number of nitrogens with one attached hydrogen (secondary N) is 1. The van der Waals surface area contributed by atoms with Crippen molar-refractivity contribution in [3.63, 3.8) is 0 Å². The minimum atomic E-state index is 1.04. The summed E-state index contributed by atoms with van der Waals surface area (Å²) in [5.74, 6) is 0. The van der Waals surface area contributed by atoms with Crippen LogP contribution in [0.3, 0.4) is 0 Å². The van der Waals surface area contributed by atoms with Crippen LogP contribution in [0.25, 0.3) is 0 Å². The van der Waals surface area contributed by atoms with Gasteiger partial charge in [0.2, 0.25) is 0 Å². The van der Waals surface area contributed by atoms with Crippen molar-refractivity contribution >= 4 is 5.69 Å². The van der Waals surface area contributed by atoms with Gasteiger partial charge in [0.1, 0.15) is 0 Å². The Labute approximate surface area is 93.3 Å². The Morgan fingerprint density at radius 3 is 2.60 bits per heavy atom. The summed E-state index contributed by atoms with van der Waals surface area (Å²) in [6.45, 7) is 9.58. The molecule has 0 aliphatic carbocycles. The molecule has 0 heterocycles. The van der Waals surface area contributed by atoms with Gasteiger partial charge in [-0.15, -0.1) is 0 Å². The zero-order valence-corrected chi connectivity index (χ0v) is 10.3. The Balaban J connectivity index is 2.61. The van der Waals surface area contributed by atoms with Crippen molar-refractivity contribution in [3.8, 4) is 0 Å². The summed E-state index contributed by atoms with van der Waals surface area (Å²) in [5.41, 5.74) is 4.02. The molecule has 0 amide bonds. The quantitative estimate of drug-likeness (QED) is 0.744. The van der Waals surface area contributed by atoms with Gasteiger partial charge in [0.15, 0.2) is 0 Å². The molecule has 0 bridgehead atoms. The van der Waals surface area contributed by atoms with Crippen LogP contribution in [0.1, 0.15) is 18.1 Å². The van der Waals surface area contributed by atoms with Crippen LogP contribution in [-0.2, 0) is 0 Å². The summed E-state index contributed by atoms with van der Waals surface area (Å²) < 4.78 is 0. The van der Waals surface area contributed by atoms with Crippen LogP contribution in [0.5, 0.6) is 0 Å². The molecule has 1 N–H and O–H groups in total. The summed E-state index contributed by atoms with van der Waals surface area (Å²) >= 11 is 0. The van der Waals surface area contributed by atoms with E-state index in [-0.39, 0.29) is 0 Å². The zero-order valence-electron chi connectivity index (χ0n) is 10.3. The Morgan fingerprint density at radius 2 is 2.00 bits per heavy atom. The lowest BCUT2D eigenvalue weighted by atomic mass is 10.1. The second kappa shape index (κ2) is 5.76. The van der Waals surface area contributed by atoms with Gasteiger partial charge in [-0.3, -0.25) is 0 Å².